The van der Waals surface area contributed by atoms with Gasteiger partial charge in [0.05, 0.1) is 0 Å². The molecule has 4 fully saturated rings. The molecule has 4 heteroatoms. The van der Waals surface area contributed by atoms with Crippen molar-refractivity contribution in [1.29, 1.82) is 0 Å². The van der Waals surface area contributed by atoms with Crippen molar-refractivity contribution in [2.24, 2.45) is 11.8 Å². The first-order chi connectivity index (χ1) is 12.3. The third-order valence-electron chi connectivity index (χ3n) is 6.49. The summed E-state index contributed by atoms with van der Waals surface area (Å²) in [7, 11) is 0. The zero-order valence-corrected chi connectivity index (χ0v) is 15.2. The van der Waals surface area contributed by atoms with Crippen molar-refractivity contribution in [2.75, 3.05) is 39.3 Å². The van der Waals surface area contributed by atoms with E-state index in [2.05, 4.69) is 15.1 Å². The minimum Gasteiger partial charge on any atom is -0.350 e. The molecule has 4 saturated heterocycles. The summed E-state index contributed by atoms with van der Waals surface area (Å²) in [6.07, 6.45) is 6.79. The van der Waals surface area contributed by atoms with Gasteiger partial charge in [0.15, 0.2) is 0 Å². The van der Waals surface area contributed by atoms with Crippen molar-refractivity contribution in [3.05, 3.63) is 35.9 Å². The number of nitrogens with one attached hydrogen (secondary N) is 1. The molecule has 1 aromatic carbocycles. The van der Waals surface area contributed by atoms with Crippen molar-refractivity contribution < 1.29 is 4.79 Å². The molecule has 25 heavy (non-hydrogen) atoms. The molecular weight excluding hydrogens is 310 g/mol. The van der Waals surface area contributed by atoms with E-state index in [9.17, 15) is 4.79 Å². The Hall–Kier alpha value is -1.39. The van der Waals surface area contributed by atoms with Gasteiger partial charge in [-0.2, -0.15) is 0 Å². The highest BCUT2D eigenvalue weighted by atomic mass is 16.1. The second-order valence-electron chi connectivity index (χ2n) is 8.13. The van der Waals surface area contributed by atoms with Gasteiger partial charge in [-0.25, -0.2) is 0 Å². The lowest BCUT2D eigenvalue weighted by molar-refractivity contribution is -0.0134. The first-order valence-corrected chi connectivity index (χ1v) is 10.1. The second kappa shape index (κ2) is 7.88. The summed E-state index contributed by atoms with van der Waals surface area (Å²) in [4.78, 5) is 17.6. The van der Waals surface area contributed by atoms with Gasteiger partial charge in [0.1, 0.15) is 0 Å². The molecule has 136 valence electrons. The van der Waals surface area contributed by atoms with Gasteiger partial charge in [0.2, 0.25) is 0 Å². The SMILES string of the molecule is O=C(NC[C@@H]1C[C@H]2CCN1C[C@@H]2CN1CCCCC1)c1ccccc1. The topological polar surface area (TPSA) is 35.6 Å². The van der Waals surface area contributed by atoms with Gasteiger partial charge < -0.3 is 10.2 Å². The van der Waals surface area contributed by atoms with E-state index in [0.717, 1.165) is 23.9 Å². The van der Waals surface area contributed by atoms with Crippen LogP contribution in [-0.2, 0) is 0 Å². The molecule has 4 heterocycles. The van der Waals surface area contributed by atoms with E-state index in [4.69, 9.17) is 0 Å². The summed E-state index contributed by atoms with van der Waals surface area (Å²) < 4.78 is 0. The molecule has 0 aliphatic carbocycles. The summed E-state index contributed by atoms with van der Waals surface area (Å²) in [5.41, 5.74) is 0.765. The fourth-order valence-electron chi connectivity index (χ4n) is 5.04. The lowest BCUT2D eigenvalue weighted by atomic mass is 9.75. The van der Waals surface area contributed by atoms with E-state index >= 15 is 0 Å². The Morgan fingerprint density at radius 1 is 1.08 bits per heavy atom. The van der Waals surface area contributed by atoms with E-state index < -0.39 is 0 Å². The third kappa shape index (κ3) is 4.06. The number of amides is 1. The van der Waals surface area contributed by atoms with Gasteiger partial charge in [0.25, 0.3) is 5.91 Å². The molecule has 4 atom stereocenters. The van der Waals surface area contributed by atoms with Gasteiger partial charge in [0, 0.05) is 31.2 Å². The van der Waals surface area contributed by atoms with Crippen LogP contribution in [0.15, 0.2) is 30.3 Å². The van der Waals surface area contributed by atoms with Crippen molar-refractivity contribution in [2.45, 2.75) is 38.1 Å². The fraction of sp³-hybridized carbons (Fsp3) is 0.667. The zero-order valence-electron chi connectivity index (χ0n) is 15.2. The molecule has 2 bridgehead atoms. The van der Waals surface area contributed by atoms with Crippen molar-refractivity contribution in [1.82, 2.24) is 15.1 Å². The maximum Gasteiger partial charge on any atom is 0.251 e. The number of nitrogens with zero attached hydrogens (tertiary/aromatic N) is 2. The first-order valence-electron chi connectivity index (χ1n) is 10.1. The molecule has 4 aliphatic heterocycles. The summed E-state index contributed by atoms with van der Waals surface area (Å²) in [5.74, 6) is 1.76. The van der Waals surface area contributed by atoms with Crippen LogP contribution in [0.5, 0.6) is 0 Å². The van der Waals surface area contributed by atoms with Crippen LogP contribution in [0.3, 0.4) is 0 Å². The lowest BCUT2D eigenvalue weighted by Crippen LogP contribution is -2.58. The van der Waals surface area contributed by atoms with Gasteiger partial charge in [-0.1, -0.05) is 24.6 Å². The van der Waals surface area contributed by atoms with Crippen molar-refractivity contribution in [3.63, 3.8) is 0 Å². The number of fused-ring (bicyclic) bond motifs is 3. The summed E-state index contributed by atoms with van der Waals surface area (Å²) in [5, 5.41) is 3.16. The smallest absolute Gasteiger partial charge is 0.251 e. The zero-order chi connectivity index (χ0) is 17.1. The fourth-order valence-corrected chi connectivity index (χ4v) is 5.04. The van der Waals surface area contributed by atoms with Crippen LogP contribution in [0.2, 0.25) is 0 Å². The Morgan fingerprint density at radius 2 is 1.88 bits per heavy atom. The van der Waals surface area contributed by atoms with Crippen LogP contribution in [-0.4, -0.2) is 61.0 Å². The molecule has 1 unspecified atom stereocenters. The van der Waals surface area contributed by atoms with E-state index in [1.807, 2.05) is 30.3 Å². The molecule has 1 aromatic rings. The number of rotatable bonds is 5. The molecule has 0 spiro atoms. The number of carbonyl (C=O) groups excluding carboxylic acids is 1. The summed E-state index contributed by atoms with van der Waals surface area (Å²) in [6.45, 7) is 7.14. The molecule has 0 aromatic heterocycles. The molecule has 1 amide bonds. The molecule has 5 rings (SSSR count). The van der Waals surface area contributed by atoms with Crippen LogP contribution in [0.1, 0.15) is 42.5 Å². The van der Waals surface area contributed by atoms with Gasteiger partial charge >= 0.3 is 0 Å². The standard InChI is InChI=1S/C21H31N3O/c25-21(17-7-3-1-4-8-17)22-14-20-13-18-9-12-24(20)16-19(18)15-23-10-5-2-6-11-23/h1,3-4,7-8,18-20H,2,5-6,9-16H2,(H,22,25)/t18-,19+,20+/m1/s1. The Labute approximate surface area is 151 Å². The van der Waals surface area contributed by atoms with E-state index in [1.165, 1.54) is 64.8 Å². The van der Waals surface area contributed by atoms with Gasteiger partial charge in [-0.3, -0.25) is 9.69 Å². The number of hydrogen-bond acceptors (Lipinski definition) is 3. The minimum absolute atomic E-state index is 0.0631. The number of carbonyl (C=O) groups is 1. The quantitative estimate of drug-likeness (QED) is 0.894. The summed E-state index contributed by atoms with van der Waals surface area (Å²) >= 11 is 0. The lowest BCUT2D eigenvalue weighted by Gasteiger charge is -2.51. The van der Waals surface area contributed by atoms with Crippen LogP contribution < -0.4 is 5.32 Å². The van der Waals surface area contributed by atoms with E-state index in [0.29, 0.717) is 6.04 Å². The summed E-state index contributed by atoms with van der Waals surface area (Å²) in [6, 6.07) is 10.1. The Balaban J connectivity index is 1.27. The third-order valence-corrected chi connectivity index (χ3v) is 6.49. The Kier molecular flexibility index (Phi) is 5.37. The number of benzene rings is 1. The maximum absolute atomic E-state index is 12.3. The predicted octanol–water partition coefficient (Wildman–Crippen LogP) is 2.61. The molecular formula is C21H31N3O. The first kappa shape index (κ1) is 17.0. The van der Waals surface area contributed by atoms with Gasteiger partial charge in [-0.05, 0) is 69.3 Å². The van der Waals surface area contributed by atoms with Crippen molar-refractivity contribution in [3.8, 4) is 0 Å². The largest absolute Gasteiger partial charge is 0.350 e. The molecule has 0 saturated carbocycles. The van der Waals surface area contributed by atoms with Crippen LogP contribution in [0, 0.1) is 11.8 Å². The average Bonchev–Trinajstić information content (AvgIpc) is 2.68. The molecule has 1 N–H and O–H groups in total. The Morgan fingerprint density at radius 3 is 2.60 bits per heavy atom. The minimum atomic E-state index is 0.0631. The number of likely N-dealkylation sites (tertiary alicyclic amines) is 1. The number of hydrogen-bond donors (Lipinski definition) is 1. The van der Waals surface area contributed by atoms with Crippen LogP contribution >= 0.6 is 0 Å². The van der Waals surface area contributed by atoms with Crippen LogP contribution in [0.25, 0.3) is 0 Å². The van der Waals surface area contributed by atoms with E-state index in [-0.39, 0.29) is 5.91 Å². The predicted molar refractivity (Wildman–Crippen MR) is 101 cm³/mol. The highest BCUT2D eigenvalue weighted by Crippen LogP contribution is 2.36. The normalized spacial score (nSPS) is 32.5. The number of piperidine rings is 4. The van der Waals surface area contributed by atoms with Crippen LogP contribution in [0.4, 0.5) is 0 Å². The Bertz CT molecular complexity index is 570. The highest BCUT2D eigenvalue weighted by molar-refractivity contribution is 5.94. The van der Waals surface area contributed by atoms with Gasteiger partial charge in [-0.15, -0.1) is 0 Å². The molecule has 4 nitrogen and oxygen atoms in total. The average molecular weight is 341 g/mol. The molecule has 4 aliphatic rings. The second-order valence-corrected chi connectivity index (χ2v) is 8.13. The maximum atomic E-state index is 12.3. The van der Waals surface area contributed by atoms with Crippen molar-refractivity contribution >= 4 is 5.91 Å². The monoisotopic (exact) mass is 341 g/mol. The molecule has 0 radical (unpaired) electrons. The van der Waals surface area contributed by atoms with E-state index in [1.54, 1.807) is 0 Å². The highest BCUT2D eigenvalue weighted by Gasteiger charge is 2.40.